The molecule has 0 aromatic rings. The molecule has 0 bridgehead atoms. The zero-order valence-electron chi connectivity index (χ0n) is 51.6. The lowest BCUT2D eigenvalue weighted by Gasteiger charge is -2.18. The molecule has 0 fully saturated rings. The van der Waals surface area contributed by atoms with Crippen LogP contribution in [0.25, 0.3) is 0 Å². The summed E-state index contributed by atoms with van der Waals surface area (Å²) in [7, 11) is 0. The van der Waals surface area contributed by atoms with Crippen LogP contribution >= 0.6 is 0 Å². The Morgan fingerprint density at radius 3 is 0.785 bits per heavy atom. The van der Waals surface area contributed by atoms with E-state index in [9.17, 15) is 14.4 Å². The summed E-state index contributed by atoms with van der Waals surface area (Å²) >= 11 is 0. The van der Waals surface area contributed by atoms with Gasteiger partial charge in [0, 0.05) is 19.3 Å². The minimum atomic E-state index is -0.798. The highest BCUT2D eigenvalue weighted by Gasteiger charge is 2.19. The minimum Gasteiger partial charge on any atom is -0.462 e. The molecule has 0 radical (unpaired) electrons. The van der Waals surface area contributed by atoms with E-state index in [0.29, 0.717) is 19.3 Å². The van der Waals surface area contributed by atoms with Crippen molar-refractivity contribution >= 4 is 17.9 Å². The van der Waals surface area contributed by atoms with Crippen LogP contribution in [0.1, 0.15) is 303 Å². The van der Waals surface area contributed by atoms with E-state index in [-0.39, 0.29) is 31.1 Å². The summed E-state index contributed by atoms with van der Waals surface area (Å²) in [4.78, 5) is 38.3. The molecule has 0 aromatic carbocycles. The molecule has 6 heteroatoms. The standard InChI is InChI=1S/C73H122O6/c1-4-7-10-13-16-19-22-25-28-30-32-33-34-35-36-37-38-39-40-41-42-44-45-48-51-54-57-60-63-66-72(75)78-69-70(68-77-71(74)65-62-59-56-53-50-47-27-24-21-18-15-12-9-6-3)79-73(76)67-64-61-58-55-52-49-46-43-31-29-26-23-20-17-14-11-8-5-2/h7,10,16,19,24-25,27-29,31-33,35-36,38-39,41-42,45,48,70H,4-6,8-9,11-15,17-18,20-23,26,30,34,37,40,43-44,46-47,49-69H2,1-3H3/b10-7-,19-16-,27-24-,28-25-,31-29-,33-32-,36-35-,39-38-,42-41-,48-45-. The van der Waals surface area contributed by atoms with E-state index in [1.807, 2.05) is 0 Å². The number of carbonyl (C=O) groups excluding carboxylic acids is 3. The van der Waals surface area contributed by atoms with Gasteiger partial charge in [0.25, 0.3) is 0 Å². The van der Waals surface area contributed by atoms with Crippen LogP contribution in [0.5, 0.6) is 0 Å². The predicted octanol–water partition coefficient (Wildman–Crippen LogP) is 22.8. The van der Waals surface area contributed by atoms with Crippen LogP contribution in [-0.2, 0) is 28.6 Å². The van der Waals surface area contributed by atoms with E-state index in [4.69, 9.17) is 14.2 Å². The topological polar surface area (TPSA) is 78.9 Å². The third-order valence-corrected chi connectivity index (χ3v) is 13.9. The van der Waals surface area contributed by atoms with Crippen molar-refractivity contribution in [2.24, 2.45) is 0 Å². The van der Waals surface area contributed by atoms with Crippen molar-refractivity contribution in [3.8, 4) is 0 Å². The summed E-state index contributed by atoms with van der Waals surface area (Å²) in [5, 5.41) is 0. The molecular weight excluding hydrogens is 973 g/mol. The number of esters is 3. The van der Waals surface area contributed by atoms with E-state index < -0.39 is 6.10 Å². The average Bonchev–Trinajstić information content (AvgIpc) is 3.45. The van der Waals surface area contributed by atoms with Gasteiger partial charge in [0.2, 0.25) is 0 Å². The Morgan fingerprint density at radius 2 is 0.494 bits per heavy atom. The van der Waals surface area contributed by atoms with E-state index in [1.165, 1.54) is 135 Å². The highest BCUT2D eigenvalue weighted by atomic mass is 16.6. The Labute approximate surface area is 488 Å². The zero-order chi connectivity index (χ0) is 57.1. The highest BCUT2D eigenvalue weighted by molar-refractivity contribution is 5.71. The van der Waals surface area contributed by atoms with Crippen molar-refractivity contribution in [2.45, 2.75) is 309 Å². The molecule has 450 valence electrons. The second-order valence-electron chi connectivity index (χ2n) is 21.6. The molecule has 1 atom stereocenters. The fraction of sp³-hybridized carbons (Fsp3) is 0.685. The lowest BCUT2D eigenvalue weighted by atomic mass is 10.1. The number of unbranched alkanes of at least 4 members (excludes halogenated alkanes) is 28. The molecule has 79 heavy (non-hydrogen) atoms. The van der Waals surface area contributed by atoms with E-state index >= 15 is 0 Å². The molecule has 0 aliphatic heterocycles. The molecule has 0 saturated heterocycles. The molecule has 0 heterocycles. The number of hydrogen-bond acceptors (Lipinski definition) is 6. The Hall–Kier alpha value is -4.19. The SMILES string of the molecule is CC/C=C\C/C=C\C/C=C\C/C=C\C/C=C\C/C=C\C/C=C\C/C=C\CCCCCCC(=O)OCC(COC(=O)CCCCCCC/C=C\CCCCCCC)OC(=O)CCCCCCCCC/C=C\CCCCCCCCC. The van der Waals surface area contributed by atoms with Gasteiger partial charge in [-0.15, -0.1) is 0 Å². The summed E-state index contributed by atoms with van der Waals surface area (Å²) in [6.45, 7) is 6.50. The van der Waals surface area contributed by atoms with E-state index in [0.717, 1.165) is 128 Å². The van der Waals surface area contributed by atoms with Gasteiger partial charge in [-0.25, -0.2) is 0 Å². The van der Waals surface area contributed by atoms with Gasteiger partial charge in [-0.3, -0.25) is 14.4 Å². The second-order valence-corrected chi connectivity index (χ2v) is 21.6. The van der Waals surface area contributed by atoms with Crippen molar-refractivity contribution in [1.29, 1.82) is 0 Å². The maximum absolute atomic E-state index is 12.9. The monoisotopic (exact) mass is 1090 g/mol. The summed E-state index contributed by atoms with van der Waals surface area (Å²) in [6, 6.07) is 0. The Balaban J connectivity index is 4.40. The Morgan fingerprint density at radius 1 is 0.266 bits per heavy atom. The van der Waals surface area contributed by atoms with E-state index in [2.05, 4.69) is 142 Å². The quantitative estimate of drug-likeness (QED) is 0.0261. The number of hydrogen-bond donors (Lipinski definition) is 0. The van der Waals surface area contributed by atoms with Gasteiger partial charge in [0.05, 0.1) is 0 Å². The first-order chi connectivity index (χ1) is 39.0. The fourth-order valence-corrected chi connectivity index (χ4v) is 8.98. The molecule has 0 amide bonds. The highest BCUT2D eigenvalue weighted by Crippen LogP contribution is 2.15. The lowest BCUT2D eigenvalue weighted by molar-refractivity contribution is -0.167. The van der Waals surface area contributed by atoms with Crippen molar-refractivity contribution in [3.63, 3.8) is 0 Å². The van der Waals surface area contributed by atoms with Crippen LogP contribution in [0.15, 0.2) is 122 Å². The third kappa shape index (κ3) is 64.5. The average molecular weight is 1100 g/mol. The van der Waals surface area contributed by atoms with Crippen LogP contribution in [0, 0.1) is 0 Å². The number of carbonyl (C=O) groups is 3. The molecule has 0 aromatic heterocycles. The Kier molecular flexibility index (Phi) is 62.8. The van der Waals surface area contributed by atoms with Gasteiger partial charge in [-0.2, -0.15) is 0 Å². The van der Waals surface area contributed by atoms with Crippen LogP contribution in [0.4, 0.5) is 0 Å². The number of allylic oxidation sites excluding steroid dienone is 20. The molecular formula is C73H122O6. The third-order valence-electron chi connectivity index (χ3n) is 13.9. The molecule has 0 aliphatic rings. The summed E-state index contributed by atoms with van der Waals surface area (Å²) in [6.07, 6.45) is 92.0. The molecule has 1 unspecified atom stereocenters. The van der Waals surface area contributed by atoms with Gasteiger partial charge < -0.3 is 14.2 Å². The van der Waals surface area contributed by atoms with Gasteiger partial charge in [0.15, 0.2) is 6.10 Å². The maximum Gasteiger partial charge on any atom is 0.306 e. The summed E-state index contributed by atoms with van der Waals surface area (Å²) < 4.78 is 16.9. The van der Waals surface area contributed by atoms with Crippen LogP contribution in [0.3, 0.4) is 0 Å². The number of rotatable bonds is 59. The molecule has 0 aliphatic carbocycles. The molecule has 0 saturated carbocycles. The smallest absolute Gasteiger partial charge is 0.306 e. The second kappa shape index (κ2) is 66.3. The normalized spacial score (nSPS) is 12.9. The number of ether oxygens (including phenoxy) is 3. The van der Waals surface area contributed by atoms with Crippen molar-refractivity contribution in [1.82, 2.24) is 0 Å². The lowest BCUT2D eigenvalue weighted by Crippen LogP contribution is -2.30. The van der Waals surface area contributed by atoms with Gasteiger partial charge in [-0.05, 0) is 135 Å². The van der Waals surface area contributed by atoms with Gasteiger partial charge >= 0.3 is 17.9 Å². The zero-order valence-corrected chi connectivity index (χ0v) is 51.6. The largest absolute Gasteiger partial charge is 0.462 e. The minimum absolute atomic E-state index is 0.0934. The summed E-state index contributed by atoms with van der Waals surface area (Å²) in [5.74, 6) is -0.925. The Bertz CT molecular complexity index is 1640. The first-order valence-corrected chi connectivity index (χ1v) is 33.0. The molecule has 0 rings (SSSR count). The fourth-order valence-electron chi connectivity index (χ4n) is 8.98. The van der Waals surface area contributed by atoms with Crippen molar-refractivity contribution in [3.05, 3.63) is 122 Å². The molecule has 0 N–H and O–H groups in total. The predicted molar refractivity (Wildman–Crippen MR) is 343 cm³/mol. The van der Waals surface area contributed by atoms with Crippen molar-refractivity contribution < 1.29 is 28.6 Å². The van der Waals surface area contributed by atoms with E-state index in [1.54, 1.807) is 0 Å². The molecule has 6 nitrogen and oxygen atoms in total. The van der Waals surface area contributed by atoms with Gasteiger partial charge in [0.1, 0.15) is 13.2 Å². The first-order valence-electron chi connectivity index (χ1n) is 33.0. The van der Waals surface area contributed by atoms with Crippen LogP contribution < -0.4 is 0 Å². The van der Waals surface area contributed by atoms with Crippen LogP contribution in [0.2, 0.25) is 0 Å². The van der Waals surface area contributed by atoms with Crippen LogP contribution in [-0.4, -0.2) is 37.2 Å². The first kappa shape index (κ1) is 74.8. The van der Waals surface area contributed by atoms with Crippen molar-refractivity contribution in [2.75, 3.05) is 13.2 Å². The molecule has 0 spiro atoms. The summed E-state index contributed by atoms with van der Waals surface area (Å²) in [5.41, 5.74) is 0. The van der Waals surface area contributed by atoms with Gasteiger partial charge in [-0.1, -0.05) is 271 Å². The maximum atomic E-state index is 12.9.